The number of aromatic nitrogens is 1. The number of methoxy groups -OCH3 is 1. The van der Waals surface area contributed by atoms with E-state index in [-0.39, 0.29) is 13.0 Å². The van der Waals surface area contributed by atoms with Gasteiger partial charge in [0.25, 0.3) is 0 Å². The molecule has 1 aromatic heterocycles. The Bertz CT molecular complexity index is 1080. The van der Waals surface area contributed by atoms with Crippen LogP contribution in [0.5, 0.6) is 5.88 Å². The molecule has 202 valence electrons. The van der Waals surface area contributed by atoms with Crippen LogP contribution in [0, 0.1) is 0 Å². The molecule has 1 aromatic carbocycles. The summed E-state index contributed by atoms with van der Waals surface area (Å²) in [6.07, 6.45) is -5.78. The fraction of sp³-hybridized carbons (Fsp3) is 0.423. The number of hydrogen-bond donors (Lipinski definition) is 1. The van der Waals surface area contributed by atoms with E-state index in [0.29, 0.717) is 6.07 Å². The minimum absolute atomic E-state index is 0.193. The van der Waals surface area contributed by atoms with Gasteiger partial charge in [-0.05, 0) is 45.7 Å². The summed E-state index contributed by atoms with van der Waals surface area (Å²) in [5.41, 5.74) is -2.51. The zero-order valence-electron chi connectivity index (χ0n) is 21.3. The highest BCUT2D eigenvalue weighted by atomic mass is 19.4. The van der Waals surface area contributed by atoms with Crippen LogP contribution in [0.25, 0.3) is 0 Å². The number of alkyl halides is 3. The number of carbonyl (C=O) groups excluding carboxylic acids is 2. The summed E-state index contributed by atoms with van der Waals surface area (Å²) < 4.78 is 63.2. The van der Waals surface area contributed by atoms with Crippen molar-refractivity contribution in [1.29, 1.82) is 0 Å². The summed E-state index contributed by atoms with van der Waals surface area (Å²) >= 11 is 0. The topological polar surface area (TPSA) is 96.0 Å². The van der Waals surface area contributed by atoms with Crippen molar-refractivity contribution in [2.75, 3.05) is 12.4 Å². The number of nitrogens with one attached hydrogen (secondary N) is 1. The molecule has 37 heavy (non-hydrogen) atoms. The number of nitrogens with zero attached hydrogens (tertiary/aromatic N) is 1. The highest BCUT2D eigenvalue weighted by Crippen LogP contribution is 2.39. The van der Waals surface area contributed by atoms with Crippen LogP contribution in [0.1, 0.15) is 55.7 Å². The smallest absolute Gasteiger partial charge is 0.421 e. The summed E-state index contributed by atoms with van der Waals surface area (Å²) in [6.45, 7) is 10.1. The molecule has 0 saturated heterocycles. The van der Waals surface area contributed by atoms with Crippen molar-refractivity contribution in [2.24, 2.45) is 0 Å². The molecule has 2 atom stereocenters. The quantitative estimate of drug-likeness (QED) is 0.294. The van der Waals surface area contributed by atoms with Gasteiger partial charge in [0.05, 0.1) is 25.5 Å². The number of ether oxygens (including phenoxy) is 4. The second-order valence-corrected chi connectivity index (χ2v) is 9.04. The molecule has 1 amide bonds. The molecular weight excluding hydrogens is 493 g/mol. The third kappa shape index (κ3) is 9.09. The predicted octanol–water partition coefficient (Wildman–Crippen LogP) is 6.16. The molecule has 0 aliphatic rings. The van der Waals surface area contributed by atoms with Crippen LogP contribution in [0.3, 0.4) is 0 Å². The first-order valence-corrected chi connectivity index (χ1v) is 11.4. The Labute approximate surface area is 213 Å². The Hall–Kier alpha value is -3.60. The van der Waals surface area contributed by atoms with Gasteiger partial charge in [-0.1, -0.05) is 36.4 Å². The number of hydrogen-bond acceptors (Lipinski definition) is 7. The van der Waals surface area contributed by atoms with E-state index in [1.807, 2.05) is 30.3 Å². The third-order valence-corrected chi connectivity index (χ3v) is 4.83. The molecule has 0 bridgehead atoms. The summed E-state index contributed by atoms with van der Waals surface area (Å²) in [6, 6.07) is 9.76. The summed E-state index contributed by atoms with van der Waals surface area (Å²) in [5.74, 6) is -1.95. The summed E-state index contributed by atoms with van der Waals surface area (Å²) in [7, 11) is 1.03. The maximum atomic E-state index is 14.0. The molecule has 0 radical (unpaired) electrons. The van der Waals surface area contributed by atoms with Crippen LogP contribution >= 0.6 is 0 Å². The van der Waals surface area contributed by atoms with E-state index in [0.717, 1.165) is 12.7 Å². The lowest BCUT2D eigenvalue weighted by Crippen LogP contribution is -2.32. The minimum Gasteiger partial charge on any atom is -0.471 e. The monoisotopic (exact) mass is 524 g/mol. The van der Waals surface area contributed by atoms with Gasteiger partial charge in [-0.2, -0.15) is 13.2 Å². The second-order valence-electron chi connectivity index (χ2n) is 9.04. The molecule has 0 spiro atoms. The zero-order chi connectivity index (χ0) is 27.8. The molecule has 1 heterocycles. The summed E-state index contributed by atoms with van der Waals surface area (Å²) in [5, 5.41) is 2.14. The van der Waals surface area contributed by atoms with Crippen molar-refractivity contribution in [3.63, 3.8) is 0 Å². The first kappa shape index (κ1) is 29.6. The van der Waals surface area contributed by atoms with Gasteiger partial charge in [0.15, 0.2) is 5.69 Å². The van der Waals surface area contributed by atoms with Gasteiger partial charge in [-0.15, -0.1) is 6.58 Å². The highest BCUT2D eigenvalue weighted by molar-refractivity contribution is 5.98. The van der Waals surface area contributed by atoms with Crippen molar-refractivity contribution >= 4 is 17.7 Å². The number of pyridine rings is 1. The average Bonchev–Trinajstić information content (AvgIpc) is 2.80. The van der Waals surface area contributed by atoms with E-state index >= 15 is 0 Å². The van der Waals surface area contributed by atoms with Crippen molar-refractivity contribution < 1.29 is 41.7 Å². The minimum atomic E-state index is -4.93. The Kier molecular flexibility index (Phi) is 10.1. The van der Waals surface area contributed by atoms with E-state index in [1.54, 1.807) is 26.8 Å². The molecule has 8 nitrogen and oxygen atoms in total. The molecule has 1 unspecified atom stereocenters. The van der Waals surface area contributed by atoms with Crippen LogP contribution < -0.4 is 10.1 Å². The van der Waals surface area contributed by atoms with E-state index in [4.69, 9.17) is 14.2 Å². The first-order chi connectivity index (χ1) is 17.2. The lowest BCUT2D eigenvalue weighted by Gasteiger charge is -2.26. The number of esters is 1. The maximum absolute atomic E-state index is 14.0. The Morgan fingerprint density at radius 1 is 1.16 bits per heavy atom. The SMILES string of the molecule is C=CCC(OCc1ccccc1)[C@@H](C)Oc1nc(C(=O)OC)c(NC(=O)OC(C)(C)C)cc1C(F)(F)F. The van der Waals surface area contributed by atoms with Crippen molar-refractivity contribution in [2.45, 2.75) is 64.7 Å². The standard InChI is InChI=1S/C26H31F3N2O6/c1-7-11-20(35-15-17-12-9-8-10-13-17)16(2)36-22-18(26(27,28)29)14-19(21(31-22)23(32)34-6)30-24(33)37-25(3,4)5/h7-10,12-14,16,20H,1,11,15H2,2-6H3,(H,30,33)/t16-,20?/m1/s1. The first-order valence-electron chi connectivity index (χ1n) is 11.4. The van der Waals surface area contributed by atoms with Gasteiger partial charge in [-0.3, -0.25) is 5.32 Å². The maximum Gasteiger partial charge on any atom is 0.421 e. The molecule has 1 N–H and O–H groups in total. The number of halogens is 3. The molecule has 0 fully saturated rings. The second kappa shape index (κ2) is 12.6. The Morgan fingerprint density at radius 2 is 1.81 bits per heavy atom. The molecule has 0 aliphatic carbocycles. The number of anilines is 1. The van der Waals surface area contributed by atoms with Gasteiger partial charge >= 0.3 is 18.2 Å². The highest BCUT2D eigenvalue weighted by Gasteiger charge is 2.39. The van der Waals surface area contributed by atoms with Gasteiger partial charge in [0.1, 0.15) is 17.3 Å². The lowest BCUT2D eigenvalue weighted by molar-refractivity contribution is -0.140. The molecular formula is C26H31F3N2O6. The fourth-order valence-electron chi connectivity index (χ4n) is 3.14. The largest absolute Gasteiger partial charge is 0.471 e. The van der Waals surface area contributed by atoms with Crippen molar-refractivity contribution in [3.05, 3.63) is 65.9 Å². The van der Waals surface area contributed by atoms with E-state index in [2.05, 4.69) is 21.6 Å². The summed E-state index contributed by atoms with van der Waals surface area (Å²) in [4.78, 5) is 28.3. The molecule has 2 aromatic rings. The van der Waals surface area contributed by atoms with Crippen LogP contribution in [0.4, 0.5) is 23.7 Å². The molecule has 2 rings (SSSR count). The van der Waals surface area contributed by atoms with Gasteiger partial charge < -0.3 is 18.9 Å². The van der Waals surface area contributed by atoms with Gasteiger partial charge in [-0.25, -0.2) is 14.6 Å². The zero-order valence-corrected chi connectivity index (χ0v) is 21.3. The molecule has 0 saturated carbocycles. The fourth-order valence-corrected chi connectivity index (χ4v) is 3.14. The van der Waals surface area contributed by atoms with Crippen LogP contribution in [0.15, 0.2) is 49.1 Å². The van der Waals surface area contributed by atoms with Crippen LogP contribution in [0.2, 0.25) is 0 Å². The van der Waals surface area contributed by atoms with Crippen molar-refractivity contribution in [3.8, 4) is 5.88 Å². The number of benzene rings is 1. The average molecular weight is 525 g/mol. The normalized spacial score (nSPS) is 13.3. The number of rotatable bonds is 10. The Balaban J connectivity index is 2.41. The van der Waals surface area contributed by atoms with Crippen LogP contribution in [-0.2, 0) is 27.0 Å². The molecule has 11 heteroatoms. The molecule has 0 aliphatic heterocycles. The lowest BCUT2D eigenvalue weighted by atomic mass is 10.1. The van der Waals surface area contributed by atoms with Crippen LogP contribution in [-0.4, -0.2) is 42.0 Å². The van der Waals surface area contributed by atoms with Gasteiger partial charge in [0, 0.05) is 0 Å². The predicted molar refractivity (Wildman–Crippen MR) is 130 cm³/mol. The van der Waals surface area contributed by atoms with Crippen molar-refractivity contribution in [1.82, 2.24) is 4.98 Å². The number of amides is 1. The van der Waals surface area contributed by atoms with E-state index < -0.39 is 58.9 Å². The third-order valence-electron chi connectivity index (χ3n) is 4.83. The Morgan fingerprint density at radius 3 is 2.35 bits per heavy atom. The van der Waals surface area contributed by atoms with Gasteiger partial charge in [0.2, 0.25) is 5.88 Å². The van der Waals surface area contributed by atoms with E-state index in [9.17, 15) is 22.8 Å². The van der Waals surface area contributed by atoms with E-state index in [1.165, 1.54) is 6.92 Å². The number of carbonyl (C=O) groups is 2.